The predicted molar refractivity (Wildman–Crippen MR) is 125 cm³/mol. The number of nitrogens with one attached hydrogen (secondary N) is 1. The molecule has 1 heterocycles. The van der Waals surface area contributed by atoms with E-state index in [1.807, 2.05) is 54.3 Å². The molecule has 3 aromatic rings. The van der Waals surface area contributed by atoms with Crippen molar-refractivity contribution >= 4 is 23.3 Å². The molecule has 1 saturated heterocycles. The summed E-state index contributed by atoms with van der Waals surface area (Å²) in [5.74, 6) is -0.187. The van der Waals surface area contributed by atoms with Crippen LogP contribution in [0.4, 0.5) is 16.2 Å². The molecule has 0 aromatic heterocycles. The molecule has 1 aliphatic rings. The zero-order chi connectivity index (χ0) is 21.8. The second kappa shape index (κ2) is 9.04. The maximum absolute atomic E-state index is 13.3. The quantitative estimate of drug-likeness (QED) is 0.610. The van der Waals surface area contributed by atoms with Crippen LogP contribution in [0.1, 0.15) is 33.5 Å². The molecule has 3 aromatic carbocycles. The topological polar surface area (TPSA) is 52.6 Å². The van der Waals surface area contributed by atoms with Crippen LogP contribution in [0.3, 0.4) is 0 Å². The van der Waals surface area contributed by atoms with Crippen molar-refractivity contribution in [2.24, 2.45) is 0 Å². The van der Waals surface area contributed by atoms with E-state index in [2.05, 4.69) is 30.4 Å². The minimum absolute atomic E-state index is 0.0354. The van der Waals surface area contributed by atoms with Gasteiger partial charge in [0.25, 0.3) is 5.91 Å². The highest BCUT2D eigenvalue weighted by molar-refractivity contribution is 6.07. The molecule has 0 aliphatic carbocycles. The number of aryl methyl sites for hydroxylation is 2. The average molecular weight is 414 g/mol. The largest absolute Gasteiger partial charge is 0.324 e. The summed E-state index contributed by atoms with van der Waals surface area (Å²) < 4.78 is 0. The number of urea groups is 1. The van der Waals surface area contributed by atoms with Crippen LogP contribution >= 0.6 is 0 Å². The maximum Gasteiger partial charge on any atom is 0.324 e. The van der Waals surface area contributed by atoms with E-state index in [-0.39, 0.29) is 11.9 Å². The first-order chi connectivity index (χ1) is 15.0. The standard InChI is InChI=1S/C26H27N3O2/c1-19-8-6-9-21(16-19)18-28-14-7-15-29(26(28)31)24-13-12-20(2)17-23(24)27-25(30)22-10-4-3-5-11-22/h3-6,8-13,16-17H,7,14-15,18H2,1-2H3,(H,27,30). The third-order valence-electron chi connectivity index (χ3n) is 5.49. The lowest BCUT2D eigenvalue weighted by Crippen LogP contribution is -2.49. The van der Waals surface area contributed by atoms with Gasteiger partial charge in [-0.2, -0.15) is 0 Å². The summed E-state index contributed by atoms with van der Waals surface area (Å²) in [5, 5.41) is 3.01. The molecule has 0 unspecified atom stereocenters. The Kier molecular flexibility index (Phi) is 6.03. The summed E-state index contributed by atoms with van der Waals surface area (Å²) in [5.41, 5.74) is 5.29. The van der Waals surface area contributed by atoms with E-state index in [4.69, 9.17) is 0 Å². The fraction of sp³-hybridized carbons (Fsp3) is 0.231. The lowest BCUT2D eigenvalue weighted by atomic mass is 10.1. The van der Waals surface area contributed by atoms with Crippen molar-refractivity contribution in [3.05, 3.63) is 95.1 Å². The summed E-state index contributed by atoms with van der Waals surface area (Å²) in [6.07, 6.45) is 0.873. The third kappa shape index (κ3) is 4.77. The number of amides is 3. The minimum Gasteiger partial charge on any atom is -0.320 e. The first kappa shape index (κ1) is 20.7. The van der Waals surface area contributed by atoms with E-state index >= 15 is 0 Å². The molecule has 5 nitrogen and oxygen atoms in total. The molecule has 1 N–H and O–H groups in total. The van der Waals surface area contributed by atoms with Crippen molar-refractivity contribution < 1.29 is 9.59 Å². The van der Waals surface area contributed by atoms with Crippen LogP contribution < -0.4 is 10.2 Å². The van der Waals surface area contributed by atoms with Gasteiger partial charge < -0.3 is 10.2 Å². The van der Waals surface area contributed by atoms with E-state index in [0.29, 0.717) is 24.3 Å². The number of rotatable bonds is 5. The van der Waals surface area contributed by atoms with Crippen LogP contribution in [-0.4, -0.2) is 29.9 Å². The Balaban J connectivity index is 1.58. The molecule has 0 radical (unpaired) electrons. The number of nitrogens with zero attached hydrogens (tertiary/aromatic N) is 2. The molecule has 5 heteroatoms. The molecular formula is C26H27N3O2. The van der Waals surface area contributed by atoms with Crippen LogP contribution in [0.25, 0.3) is 0 Å². The maximum atomic E-state index is 13.3. The summed E-state index contributed by atoms with van der Waals surface area (Å²) in [6.45, 7) is 5.96. The first-order valence-electron chi connectivity index (χ1n) is 10.6. The lowest BCUT2D eigenvalue weighted by molar-refractivity contribution is 0.102. The van der Waals surface area contributed by atoms with E-state index < -0.39 is 0 Å². The molecule has 0 saturated carbocycles. The fourth-order valence-electron chi connectivity index (χ4n) is 3.95. The molecule has 1 fully saturated rings. The Morgan fingerprint density at radius 3 is 2.45 bits per heavy atom. The monoisotopic (exact) mass is 413 g/mol. The molecule has 0 spiro atoms. The van der Waals surface area contributed by atoms with Crippen molar-refractivity contribution in [1.82, 2.24) is 4.90 Å². The number of carbonyl (C=O) groups is 2. The normalized spacial score (nSPS) is 13.9. The van der Waals surface area contributed by atoms with Crippen molar-refractivity contribution in [3.63, 3.8) is 0 Å². The van der Waals surface area contributed by atoms with Gasteiger partial charge in [0.15, 0.2) is 0 Å². The first-order valence-corrected chi connectivity index (χ1v) is 10.6. The van der Waals surface area contributed by atoms with Crippen molar-refractivity contribution in [1.29, 1.82) is 0 Å². The number of hydrogen-bond donors (Lipinski definition) is 1. The van der Waals surface area contributed by atoms with Gasteiger partial charge in [0.05, 0.1) is 11.4 Å². The van der Waals surface area contributed by atoms with Gasteiger partial charge in [-0.05, 0) is 55.7 Å². The van der Waals surface area contributed by atoms with Crippen LogP contribution in [0, 0.1) is 13.8 Å². The van der Waals surface area contributed by atoms with Gasteiger partial charge in [-0.3, -0.25) is 9.69 Å². The summed E-state index contributed by atoms with van der Waals surface area (Å²) >= 11 is 0. The van der Waals surface area contributed by atoms with Crippen LogP contribution in [-0.2, 0) is 6.54 Å². The van der Waals surface area contributed by atoms with Crippen LogP contribution in [0.15, 0.2) is 72.8 Å². The van der Waals surface area contributed by atoms with E-state index in [1.54, 1.807) is 17.0 Å². The van der Waals surface area contributed by atoms with Gasteiger partial charge in [0, 0.05) is 25.2 Å². The number of hydrogen-bond acceptors (Lipinski definition) is 2. The molecular weight excluding hydrogens is 386 g/mol. The van der Waals surface area contributed by atoms with Gasteiger partial charge in [-0.1, -0.05) is 54.1 Å². The Hall–Kier alpha value is -3.60. The number of benzene rings is 3. The Morgan fingerprint density at radius 2 is 1.68 bits per heavy atom. The summed E-state index contributed by atoms with van der Waals surface area (Å²) in [6, 6.07) is 23.1. The number of carbonyl (C=O) groups excluding carboxylic acids is 2. The van der Waals surface area contributed by atoms with Gasteiger partial charge in [0.1, 0.15) is 0 Å². The predicted octanol–water partition coefficient (Wildman–Crippen LogP) is 5.39. The molecule has 0 atom stereocenters. The lowest BCUT2D eigenvalue weighted by Gasteiger charge is -2.36. The Bertz CT molecular complexity index is 1090. The number of anilines is 2. The van der Waals surface area contributed by atoms with Crippen molar-refractivity contribution in [2.45, 2.75) is 26.8 Å². The Morgan fingerprint density at radius 1 is 0.903 bits per heavy atom. The zero-order valence-electron chi connectivity index (χ0n) is 18.0. The smallest absolute Gasteiger partial charge is 0.320 e. The molecule has 4 rings (SSSR count). The van der Waals surface area contributed by atoms with E-state index in [9.17, 15) is 9.59 Å². The average Bonchev–Trinajstić information content (AvgIpc) is 2.76. The summed E-state index contributed by atoms with van der Waals surface area (Å²) in [7, 11) is 0. The highest BCUT2D eigenvalue weighted by Crippen LogP contribution is 2.31. The van der Waals surface area contributed by atoms with Gasteiger partial charge in [-0.25, -0.2) is 4.79 Å². The second-order valence-corrected chi connectivity index (χ2v) is 8.04. The van der Waals surface area contributed by atoms with Crippen molar-refractivity contribution in [3.8, 4) is 0 Å². The third-order valence-corrected chi connectivity index (χ3v) is 5.49. The highest BCUT2D eigenvalue weighted by Gasteiger charge is 2.28. The van der Waals surface area contributed by atoms with Crippen LogP contribution in [0.5, 0.6) is 0 Å². The highest BCUT2D eigenvalue weighted by atomic mass is 16.2. The van der Waals surface area contributed by atoms with Crippen molar-refractivity contribution in [2.75, 3.05) is 23.3 Å². The molecule has 1 aliphatic heterocycles. The van der Waals surface area contributed by atoms with Gasteiger partial charge in [-0.15, -0.1) is 0 Å². The summed E-state index contributed by atoms with van der Waals surface area (Å²) in [4.78, 5) is 29.8. The van der Waals surface area contributed by atoms with Crippen LogP contribution in [0.2, 0.25) is 0 Å². The Labute approximate surface area is 183 Å². The molecule has 158 valence electrons. The van der Waals surface area contributed by atoms with E-state index in [1.165, 1.54) is 5.56 Å². The molecule has 0 bridgehead atoms. The van der Waals surface area contributed by atoms with Gasteiger partial charge >= 0.3 is 6.03 Å². The molecule has 31 heavy (non-hydrogen) atoms. The van der Waals surface area contributed by atoms with E-state index in [0.717, 1.165) is 29.8 Å². The minimum atomic E-state index is -0.187. The SMILES string of the molecule is Cc1cccc(CN2CCCN(c3ccc(C)cc3NC(=O)c3ccccc3)C2=O)c1. The fourth-order valence-corrected chi connectivity index (χ4v) is 3.95. The second-order valence-electron chi connectivity index (χ2n) is 8.04. The zero-order valence-corrected chi connectivity index (χ0v) is 18.0. The van der Waals surface area contributed by atoms with Gasteiger partial charge in [0.2, 0.25) is 0 Å². The molecule has 3 amide bonds.